The summed E-state index contributed by atoms with van der Waals surface area (Å²) in [6.45, 7) is 2.24. The molecule has 0 saturated heterocycles. The van der Waals surface area contributed by atoms with Crippen LogP contribution in [-0.2, 0) is 12.8 Å². The van der Waals surface area contributed by atoms with Crippen LogP contribution in [0.4, 0.5) is 5.13 Å². The van der Waals surface area contributed by atoms with E-state index >= 15 is 0 Å². The molecule has 2 heterocycles. The fraction of sp³-hybridized carbons (Fsp3) is 0.217. The molecule has 1 atom stereocenters. The minimum Gasteiger partial charge on any atom is -0.296 e. The molecule has 2 aromatic carbocycles. The third-order valence-corrected chi connectivity index (χ3v) is 6.46. The van der Waals surface area contributed by atoms with E-state index in [0.717, 1.165) is 25.0 Å². The number of fused-ring (bicyclic) bond motifs is 2. The Morgan fingerprint density at radius 2 is 1.83 bits per heavy atom. The quantitative estimate of drug-likeness (QED) is 0.542. The Labute approximate surface area is 177 Å². The first-order valence-electron chi connectivity index (χ1n) is 9.97. The number of para-hydroxylation sites is 1. The van der Waals surface area contributed by atoms with Gasteiger partial charge in [0.05, 0.1) is 16.8 Å². The Bertz CT molecular complexity index is 1310. The maximum Gasteiger partial charge on any atom is 0.279 e. The molecule has 7 heteroatoms. The van der Waals surface area contributed by atoms with E-state index in [-0.39, 0.29) is 17.2 Å². The number of thiazole rings is 1. The number of anilines is 1. The van der Waals surface area contributed by atoms with Gasteiger partial charge in [0.25, 0.3) is 11.5 Å². The SMILES string of the molecule is CC1CCc2nc(NC(=O)c3nn(-c4ccccc4)c(=O)c4ccccc34)sc2C1. The highest BCUT2D eigenvalue weighted by Gasteiger charge is 2.22. The van der Waals surface area contributed by atoms with Gasteiger partial charge in [-0.1, -0.05) is 43.3 Å². The molecule has 0 spiro atoms. The van der Waals surface area contributed by atoms with Gasteiger partial charge in [-0.25, -0.2) is 4.98 Å². The molecule has 0 fully saturated rings. The van der Waals surface area contributed by atoms with Crippen molar-refractivity contribution in [2.75, 3.05) is 5.32 Å². The van der Waals surface area contributed by atoms with Crippen LogP contribution in [0.5, 0.6) is 0 Å². The number of carbonyl (C=O) groups excluding carboxylic acids is 1. The van der Waals surface area contributed by atoms with Gasteiger partial charge in [-0.2, -0.15) is 9.78 Å². The van der Waals surface area contributed by atoms with Crippen molar-refractivity contribution < 1.29 is 4.79 Å². The Kier molecular flexibility index (Phi) is 4.67. The van der Waals surface area contributed by atoms with E-state index in [0.29, 0.717) is 27.5 Å². The molecular formula is C23H20N4O2S. The molecule has 2 aromatic heterocycles. The molecule has 0 radical (unpaired) electrons. The molecule has 30 heavy (non-hydrogen) atoms. The van der Waals surface area contributed by atoms with Gasteiger partial charge in [-0.05, 0) is 43.4 Å². The Morgan fingerprint density at radius 3 is 2.63 bits per heavy atom. The van der Waals surface area contributed by atoms with Gasteiger partial charge in [0.1, 0.15) is 0 Å². The van der Waals surface area contributed by atoms with Crippen LogP contribution in [0.1, 0.15) is 34.4 Å². The van der Waals surface area contributed by atoms with Crippen LogP contribution in [0.25, 0.3) is 16.5 Å². The molecule has 5 rings (SSSR count). The van der Waals surface area contributed by atoms with Crippen molar-refractivity contribution in [3.8, 4) is 5.69 Å². The summed E-state index contributed by atoms with van der Waals surface area (Å²) in [4.78, 5) is 32.0. The lowest BCUT2D eigenvalue weighted by atomic mass is 9.93. The van der Waals surface area contributed by atoms with Crippen LogP contribution >= 0.6 is 11.3 Å². The summed E-state index contributed by atoms with van der Waals surface area (Å²) in [5, 5.41) is 8.91. The summed E-state index contributed by atoms with van der Waals surface area (Å²) in [6, 6.07) is 16.2. The largest absolute Gasteiger partial charge is 0.296 e. The lowest BCUT2D eigenvalue weighted by Crippen LogP contribution is -2.26. The Morgan fingerprint density at radius 1 is 1.10 bits per heavy atom. The minimum atomic E-state index is -0.366. The number of carbonyl (C=O) groups is 1. The van der Waals surface area contributed by atoms with Crippen molar-refractivity contribution >= 4 is 33.1 Å². The Balaban J connectivity index is 1.57. The number of nitrogens with one attached hydrogen (secondary N) is 1. The number of amides is 1. The summed E-state index contributed by atoms with van der Waals surface area (Å²) >= 11 is 1.53. The van der Waals surface area contributed by atoms with Crippen LogP contribution in [0.2, 0.25) is 0 Å². The molecule has 1 unspecified atom stereocenters. The zero-order valence-electron chi connectivity index (χ0n) is 16.5. The summed E-state index contributed by atoms with van der Waals surface area (Å²) in [7, 11) is 0. The summed E-state index contributed by atoms with van der Waals surface area (Å²) in [6.07, 6.45) is 3.07. The minimum absolute atomic E-state index is 0.204. The maximum atomic E-state index is 13.2. The standard InChI is InChI=1S/C23H20N4O2S/c1-14-11-12-18-19(13-14)30-23(24-18)25-21(28)20-16-9-5-6-10-17(16)22(29)27(26-20)15-7-3-2-4-8-15/h2-10,14H,11-13H2,1H3,(H,24,25,28). The number of benzene rings is 2. The van der Waals surface area contributed by atoms with Gasteiger partial charge in [0, 0.05) is 10.3 Å². The van der Waals surface area contributed by atoms with Crippen molar-refractivity contribution in [3.63, 3.8) is 0 Å². The van der Waals surface area contributed by atoms with Crippen LogP contribution in [-0.4, -0.2) is 20.7 Å². The van der Waals surface area contributed by atoms with E-state index in [4.69, 9.17) is 0 Å². The first kappa shape index (κ1) is 18.7. The van der Waals surface area contributed by atoms with Crippen molar-refractivity contribution in [1.29, 1.82) is 0 Å². The van der Waals surface area contributed by atoms with Crippen molar-refractivity contribution in [2.24, 2.45) is 5.92 Å². The van der Waals surface area contributed by atoms with Crippen LogP contribution < -0.4 is 10.9 Å². The zero-order chi connectivity index (χ0) is 20.7. The van der Waals surface area contributed by atoms with Crippen LogP contribution in [0.3, 0.4) is 0 Å². The highest BCUT2D eigenvalue weighted by molar-refractivity contribution is 7.15. The predicted molar refractivity (Wildman–Crippen MR) is 119 cm³/mol. The monoisotopic (exact) mass is 416 g/mol. The maximum absolute atomic E-state index is 13.2. The average Bonchev–Trinajstić information content (AvgIpc) is 3.16. The fourth-order valence-corrected chi connectivity index (χ4v) is 5.02. The molecule has 150 valence electrons. The Hall–Kier alpha value is -3.32. The van der Waals surface area contributed by atoms with E-state index in [9.17, 15) is 9.59 Å². The second kappa shape index (κ2) is 7.50. The van der Waals surface area contributed by atoms with Crippen molar-refractivity contribution in [3.05, 3.63) is 81.2 Å². The summed E-state index contributed by atoms with van der Waals surface area (Å²) in [5.41, 5.74) is 1.64. The van der Waals surface area contributed by atoms with Gasteiger partial charge < -0.3 is 0 Å². The van der Waals surface area contributed by atoms with Crippen molar-refractivity contribution in [2.45, 2.75) is 26.2 Å². The van der Waals surface area contributed by atoms with Gasteiger partial charge in [0.2, 0.25) is 0 Å². The molecule has 1 amide bonds. The molecule has 1 aliphatic rings. The number of aromatic nitrogens is 3. The van der Waals surface area contributed by atoms with E-state index < -0.39 is 0 Å². The van der Waals surface area contributed by atoms with Crippen LogP contribution in [0.15, 0.2) is 59.4 Å². The van der Waals surface area contributed by atoms with Gasteiger partial charge >= 0.3 is 0 Å². The molecule has 0 aliphatic heterocycles. The third kappa shape index (κ3) is 3.31. The average molecular weight is 417 g/mol. The van der Waals surface area contributed by atoms with Gasteiger partial charge in [-0.3, -0.25) is 14.9 Å². The lowest BCUT2D eigenvalue weighted by Gasteiger charge is -2.15. The molecular weight excluding hydrogens is 396 g/mol. The summed E-state index contributed by atoms with van der Waals surface area (Å²) in [5.74, 6) is 0.275. The molecule has 1 N–H and O–H groups in total. The third-order valence-electron chi connectivity index (χ3n) is 5.43. The fourth-order valence-electron chi connectivity index (χ4n) is 3.85. The molecule has 0 saturated carbocycles. The topological polar surface area (TPSA) is 76.9 Å². The van der Waals surface area contributed by atoms with Crippen molar-refractivity contribution in [1.82, 2.24) is 14.8 Å². The van der Waals surface area contributed by atoms with E-state index in [1.165, 1.54) is 20.9 Å². The molecule has 6 nitrogen and oxygen atoms in total. The van der Waals surface area contributed by atoms with E-state index in [1.54, 1.807) is 36.4 Å². The summed E-state index contributed by atoms with van der Waals surface area (Å²) < 4.78 is 1.28. The van der Waals surface area contributed by atoms with Crippen LogP contribution in [0, 0.1) is 5.92 Å². The number of aryl methyl sites for hydroxylation is 1. The second-order valence-electron chi connectivity index (χ2n) is 7.64. The number of rotatable bonds is 3. The van der Waals surface area contributed by atoms with Gasteiger partial charge in [0.15, 0.2) is 10.8 Å². The number of nitrogens with zero attached hydrogens (tertiary/aromatic N) is 3. The number of hydrogen-bond donors (Lipinski definition) is 1. The molecule has 1 aliphatic carbocycles. The molecule has 4 aromatic rings. The zero-order valence-corrected chi connectivity index (χ0v) is 17.3. The highest BCUT2D eigenvalue weighted by atomic mass is 32.1. The highest BCUT2D eigenvalue weighted by Crippen LogP contribution is 2.32. The number of hydrogen-bond acceptors (Lipinski definition) is 5. The van der Waals surface area contributed by atoms with Gasteiger partial charge in [-0.15, -0.1) is 11.3 Å². The lowest BCUT2D eigenvalue weighted by molar-refractivity contribution is 0.102. The first-order chi connectivity index (χ1) is 14.6. The predicted octanol–water partition coefficient (Wildman–Crippen LogP) is 4.22. The normalized spacial score (nSPS) is 15.7. The molecule has 0 bridgehead atoms. The smallest absolute Gasteiger partial charge is 0.279 e. The first-order valence-corrected chi connectivity index (χ1v) is 10.8. The second-order valence-corrected chi connectivity index (χ2v) is 8.72. The van der Waals surface area contributed by atoms with E-state index in [2.05, 4.69) is 22.3 Å². The van der Waals surface area contributed by atoms with E-state index in [1.807, 2.05) is 18.2 Å².